The SMILES string of the molecule is COC(C)C(=O)NC(C)C(C)(C)C. The van der Waals surface area contributed by atoms with E-state index >= 15 is 0 Å². The van der Waals surface area contributed by atoms with Crippen molar-refractivity contribution in [1.29, 1.82) is 0 Å². The number of ether oxygens (including phenoxy) is 1. The van der Waals surface area contributed by atoms with Gasteiger partial charge in [0.25, 0.3) is 0 Å². The Kier molecular flexibility index (Phi) is 4.40. The predicted octanol–water partition coefficient (Wildman–Crippen LogP) is 1.57. The fourth-order valence-corrected chi connectivity index (χ4v) is 0.654. The van der Waals surface area contributed by atoms with E-state index in [4.69, 9.17) is 4.74 Å². The number of methoxy groups -OCH3 is 1. The van der Waals surface area contributed by atoms with Crippen LogP contribution in [0.25, 0.3) is 0 Å². The smallest absolute Gasteiger partial charge is 0.249 e. The van der Waals surface area contributed by atoms with Crippen molar-refractivity contribution in [3.05, 3.63) is 0 Å². The summed E-state index contributed by atoms with van der Waals surface area (Å²) < 4.78 is 4.91. The molecule has 0 fully saturated rings. The lowest BCUT2D eigenvalue weighted by Gasteiger charge is -2.28. The minimum Gasteiger partial charge on any atom is -0.372 e. The molecule has 0 saturated heterocycles. The Morgan fingerprint density at radius 3 is 2.08 bits per heavy atom. The maximum Gasteiger partial charge on any atom is 0.249 e. The molecule has 0 heterocycles. The number of hydrogen-bond acceptors (Lipinski definition) is 2. The van der Waals surface area contributed by atoms with Crippen LogP contribution in [0.4, 0.5) is 0 Å². The molecule has 2 unspecified atom stereocenters. The summed E-state index contributed by atoms with van der Waals surface area (Å²) in [5.41, 5.74) is 0.0864. The maximum absolute atomic E-state index is 11.4. The summed E-state index contributed by atoms with van der Waals surface area (Å²) in [6.45, 7) is 10.0. The van der Waals surface area contributed by atoms with Crippen LogP contribution in [0.5, 0.6) is 0 Å². The summed E-state index contributed by atoms with van der Waals surface area (Å²) in [7, 11) is 1.53. The van der Waals surface area contributed by atoms with E-state index in [-0.39, 0.29) is 23.5 Å². The zero-order valence-electron chi connectivity index (χ0n) is 9.47. The molecule has 1 N–H and O–H groups in total. The topological polar surface area (TPSA) is 38.3 Å². The van der Waals surface area contributed by atoms with Gasteiger partial charge in [0.15, 0.2) is 0 Å². The molecule has 1 amide bonds. The van der Waals surface area contributed by atoms with E-state index in [0.29, 0.717) is 0 Å². The van der Waals surface area contributed by atoms with Gasteiger partial charge in [-0.05, 0) is 19.3 Å². The molecule has 78 valence electrons. The van der Waals surface area contributed by atoms with Gasteiger partial charge in [-0.3, -0.25) is 4.79 Å². The molecule has 3 heteroatoms. The number of amides is 1. The van der Waals surface area contributed by atoms with Crippen molar-refractivity contribution >= 4 is 5.91 Å². The highest BCUT2D eigenvalue weighted by atomic mass is 16.5. The molecule has 0 rings (SSSR count). The van der Waals surface area contributed by atoms with Crippen molar-refractivity contribution in [3.8, 4) is 0 Å². The van der Waals surface area contributed by atoms with Gasteiger partial charge in [0.2, 0.25) is 5.91 Å². The molecule has 0 bridgehead atoms. The normalized spacial score (nSPS) is 16.5. The van der Waals surface area contributed by atoms with E-state index < -0.39 is 0 Å². The van der Waals surface area contributed by atoms with Crippen LogP contribution in [0.1, 0.15) is 34.6 Å². The van der Waals surface area contributed by atoms with Crippen molar-refractivity contribution in [2.75, 3.05) is 7.11 Å². The fraction of sp³-hybridized carbons (Fsp3) is 0.900. The lowest BCUT2D eigenvalue weighted by molar-refractivity contribution is -0.131. The van der Waals surface area contributed by atoms with Gasteiger partial charge < -0.3 is 10.1 Å². The number of rotatable bonds is 3. The predicted molar refractivity (Wildman–Crippen MR) is 53.5 cm³/mol. The molecule has 0 aliphatic heterocycles. The Bertz CT molecular complexity index is 172. The third kappa shape index (κ3) is 4.27. The van der Waals surface area contributed by atoms with Crippen LogP contribution in [-0.4, -0.2) is 25.2 Å². The zero-order chi connectivity index (χ0) is 10.6. The first-order valence-corrected chi connectivity index (χ1v) is 4.62. The third-order valence-electron chi connectivity index (χ3n) is 2.38. The van der Waals surface area contributed by atoms with Gasteiger partial charge in [0.1, 0.15) is 6.10 Å². The van der Waals surface area contributed by atoms with Crippen LogP contribution in [0.3, 0.4) is 0 Å². The van der Waals surface area contributed by atoms with E-state index in [1.165, 1.54) is 7.11 Å². The van der Waals surface area contributed by atoms with Crippen molar-refractivity contribution in [3.63, 3.8) is 0 Å². The quantitative estimate of drug-likeness (QED) is 0.728. The highest BCUT2D eigenvalue weighted by Gasteiger charge is 2.23. The highest BCUT2D eigenvalue weighted by molar-refractivity contribution is 5.80. The number of carbonyl (C=O) groups excluding carboxylic acids is 1. The number of nitrogens with one attached hydrogen (secondary N) is 1. The second-order valence-corrected chi connectivity index (χ2v) is 4.47. The summed E-state index contributed by atoms with van der Waals surface area (Å²) in [6, 6.07) is 0.151. The molecule has 0 aliphatic carbocycles. The van der Waals surface area contributed by atoms with Gasteiger partial charge >= 0.3 is 0 Å². The lowest BCUT2D eigenvalue weighted by atomic mass is 9.88. The highest BCUT2D eigenvalue weighted by Crippen LogP contribution is 2.18. The van der Waals surface area contributed by atoms with E-state index in [1.54, 1.807) is 6.92 Å². The minimum absolute atomic E-state index is 0.0510. The van der Waals surface area contributed by atoms with E-state index in [1.807, 2.05) is 6.92 Å². The molecule has 0 spiro atoms. The van der Waals surface area contributed by atoms with Crippen LogP contribution in [0.15, 0.2) is 0 Å². The van der Waals surface area contributed by atoms with Crippen LogP contribution in [0.2, 0.25) is 0 Å². The number of carbonyl (C=O) groups is 1. The Morgan fingerprint density at radius 1 is 1.31 bits per heavy atom. The molecule has 0 aromatic rings. The van der Waals surface area contributed by atoms with Crippen LogP contribution in [0, 0.1) is 5.41 Å². The summed E-state index contributed by atoms with van der Waals surface area (Å²) in [6.07, 6.45) is -0.371. The maximum atomic E-state index is 11.4. The van der Waals surface area contributed by atoms with E-state index in [2.05, 4.69) is 26.1 Å². The van der Waals surface area contributed by atoms with Crippen LogP contribution < -0.4 is 5.32 Å². The molecule has 0 radical (unpaired) electrons. The van der Waals surface area contributed by atoms with E-state index in [0.717, 1.165) is 0 Å². The van der Waals surface area contributed by atoms with Crippen molar-refractivity contribution in [1.82, 2.24) is 5.32 Å². The zero-order valence-corrected chi connectivity index (χ0v) is 9.47. The summed E-state index contributed by atoms with van der Waals surface area (Å²) >= 11 is 0. The third-order valence-corrected chi connectivity index (χ3v) is 2.38. The Morgan fingerprint density at radius 2 is 1.77 bits per heavy atom. The average Bonchev–Trinajstić information content (AvgIpc) is 2.01. The molecular formula is C10H21NO2. The van der Waals surface area contributed by atoms with Crippen molar-refractivity contribution in [2.24, 2.45) is 5.41 Å². The van der Waals surface area contributed by atoms with Gasteiger partial charge in [-0.2, -0.15) is 0 Å². The first-order valence-electron chi connectivity index (χ1n) is 4.62. The fourth-order valence-electron chi connectivity index (χ4n) is 0.654. The van der Waals surface area contributed by atoms with Gasteiger partial charge in [-0.25, -0.2) is 0 Å². The Labute approximate surface area is 80.8 Å². The molecular weight excluding hydrogens is 166 g/mol. The van der Waals surface area contributed by atoms with Gasteiger partial charge in [-0.1, -0.05) is 20.8 Å². The number of hydrogen-bond donors (Lipinski definition) is 1. The van der Waals surface area contributed by atoms with Crippen LogP contribution in [-0.2, 0) is 9.53 Å². The molecule has 0 aromatic carbocycles. The monoisotopic (exact) mass is 187 g/mol. The van der Waals surface area contributed by atoms with Gasteiger partial charge in [-0.15, -0.1) is 0 Å². The minimum atomic E-state index is -0.371. The van der Waals surface area contributed by atoms with Crippen LogP contribution >= 0.6 is 0 Å². The Hall–Kier alpha value is -0.570. The van der Waals surface area contributed by atoms with Crippen molar-refractivity contribution in [2.45, 2.75) is 46.8 Å². The lowest BCUT2D eigenvalue weighted by Crippen LogP contribution is -2.45. The molecule has 0 aliphatic rings. The second-order valence-electron chi connectivity index (χ2n) is 4.47. The van der Waals surface area contributed by atoms with E-state index in [9.17, 15) is 4.79 Å². The molecule has 13 heavy (non-hydrogen) atoms. The summed E-state index contributed by atoms with van der Waals surface area (Å²) in [5.74, 6) is -0.0510. The molecule has 2 atom stereocenters. The van der Waals surface area contributed by atoms with Gasteiger partial charge in [0, 0.05) is 13.2 Å². The largest absolute Gasteiger partial charge is 0.372 e. The first kappa shape index (κ1) is 12.4. The molecule has 0 aromatic heterocycles. The molecule has 3 nitrogen and oxygen atoms in total. The molecule has 0 saturated carbocycles. The second kappa shape index (κ2) is 4.61. The summed E-state index contributed by atoms with van der Waals surface area (Å²) in [5, 5.41) is 2.91. The summed E-state index contributed by atoms with van der Waals surface area (Å²) in [4.78, 5) is 11.4. The standard InChI is InChI=1S/C10H21NO2/c1-7(13-6)9(12)11-8(2)10(3,4)5/h7-8H,1-6H3,(H,11,12). The first-order chi connectivity index (χ1) is 5.79. The average molecular weight is 187 g/mol. The van der Waals surface area contributed by atoms with Crippen molar-refractivity contribution < 1.29 is 9.53 Å². The Balaban J connectivity index is 4.07. The van der Waals surface area contributed by atoms with Gasteiger partial charge in [0.05, 0.1) is 0 Å².